The van der Waals surface area contributed by atoms with E-state index in [0.29, 0.717) is 22.2 Å². The summed E-state index contributed by atoms with van der Waals surface area (Å²) in [6, 6.07) is 22.8. The Bertz CT molecular complexity index is 1020. The molecule has 3 aromatic rings. The van der Waals surface area contributed by atoms with Gasteiger partial charge in [-0.05, 0) is 66.2 Å². The van der Waals surface area contributed by atoms with Gasteiger partial charge in [0.25, 0.3) is 11.8 Å². The zero-order valence-electron chi connectivity index (χ0n) is 16.5. The van der Waals surface area contributed by atoms with E-state index in [1.807, 2.05) is 18.2 Å². The van der Waals surface area contributed by atoms with Crippen LogP contribution in [0.5, 0.6) is 11.5 Å². The normalized spacial score (nSPS) is 10.5. The SMILES string of the molecule is O=C(COc1ccc(Cl)cc1)N/N=C\c1ccc(OCC(=O)Nc2ccccc2)cc1. The van der Waals surface area contributed by atoms with E-state index in [1.165, 1.54) is 6.21 Å². The molecule has 0 saturated heterocycles. The Hall–Kier alpha value is -3.84. The van der Waals surface area contributed by atoms with Crippen LogP contribution in [0.4, 0.5) is 5.69 Å². The molecule has 0 saturated carbocycles. The van der Waals surface area contributed by atoms with Gasteiger partial charge >= 0.3 is 0 Å². The minimum Gasteiger partial charge on any atom is -0.484 e. The number of hydrogen-bond acceptors (Lipinski definition) is 5. The molecule has 0 bridgehead atoms. The zero-order valence-corrected chi connectivity index (χ0v) is 17.2. The number of rotatable bonds is 9. The summed E-state index contributed by atoms with van der Waals surface area (Å²) in [5, 5.41) is 7.22. The lowest BCUT2D eigenvalue weighted by Gasteiger charge is -2.07. The molecule has 0 unspecified atom stereocenters. The van der Waals surface area contributed by atoms with E-state index in [2.05, 4.69) is 15.8 Å². The average molecular weight is 438 g/mol. The number of para-hydroxylation sites is 1. The van der Waals surface area contributed by atoms with Gasteiger partial charge in [0.15, 0.2) is 13.2 Å². The summed E-state index contributed by atoms with van der Waals surface area (Å²) in [6.07, 6.45) is 1.49. The smallest absolute Gasteiger partial charge is 0.277 e. The van der Waals surface area contributed by atoms with E-state index in [-0.39, 0.29) is 19.1 Å². The number of benzene rings is 3. The fourth-order valence-corrected chi connectivity index (χ4v) is 2.53. The Morgan fingerprint density at radius 2 is 1.39 bits per heavy atom. The highest BCUT2D eigenvalue weighted by molar-refractivity contribution is 6.30. The molecule has 0 atom stereocenters. The van der Waals surface area contributed by atoms with Crippen LogP contribution >= 0.6 is 11.6 Å². The second kappa shape index (κ2) is 11.4. The number of amides is 2. The molecule has 0 heterocycles. The maximum atomic E-state index is 11.9. The van der Waals surface area contributed by atoms with E-state index >= 15 is 0 Å². The Kier molecular flexibility index (Phi) is 8.02. The van der Waals surface area contributed by atoms with Crippen LogP contribution in [-0.2, 0) is 9.59 Å². The Morgan fingerprint density at radius 1 is 0.806 bits per heavy atom. The van der Waals surface area contributed by atoms with Gasteiger partial charge in [0.05, 0.1) is 6.21 Å². The van der Waals surface area contributed by atoms with E-state index in [4.69, 9.17) is 21.1 Å². The predicted molar refractivity (Wildman–Crippen MR) is 120 cm³/mol. The van der Waals surface area contributed by atoms with Crippen LogP contribution < -0.4 is 20.2 Å². The van der Waals surface area contributed by atoms with E-state index in [0.717, 1.165) is 5.56 Å². The molecule has 0 radical (unpaired) electrons. The summed E-state index contributed by atoms with van der Waals surface area (Å²) in [4.78, 5) is 23.7. The Morgan fingerprint density at radius 3 is 2.03 bits per heavy atom. The van der Waals surface area contributed by atoms with E-state index in [1.54, 1.807) is 60.7 Å². The fraction of sp³-hybridized carbons (Fsp3) is 0.0870. The Balaban J connectivity index is 1.38. The quantitative estimate of drug-likeness (QED) is 0.392. The first-order chi connectivity index (χ1) is 15.1. The van der Waals surface area contributed by atoms with Crippen molar-refractivity contribution in [3.63, 3.8) is 0 Å². The highest BCUT2D eigenvalue weighted by atomic mass is 35.5. The average Bonchev–Trinajstić information content (AvgIpc) is 2.79. The lowest BCUT2D eigenvalue weighted by molar-refractivity contribution is -0.123. The van der Waals surface area contributed by atoms with Crippen molar-refractivity contribution in [1.82, 2.24) is 5.43 Å². The molecule has 7 nitrogen and oxygen atoms in total. The molecule has 0 aliphatic rings. The Labute approximate surface area is 184 Å². The molecule has 3 rings (SSSR count). The van der Waals surface area contributed by atoms with Gasteiger partial charge in [-0.25, -0.2) is 5.43 Å². The van der Waals surface area contributed by atoms with Gasteiger partial charge in [0, 0.05) is 10.7 Å². The lowest BCUT2D eigenvalue weighted by Crippen LogP contribution is -2.24. The lowest BCUT2D eigenvalue weighted by atomic mass is 10.2. The summed E-state index contributed by atoms with van der Waals surface area (Å²) >= 11 is 5.79. The molecule has 31 heavy (non-hydrogen) atoms. The summed E-state index contributed by atoms with van der Waals surface area (Å²) in [5.41, 5.74) is 3.85. The van der Waals surface area contributed by atoms with Crippen molar-refractivity contribution in [3.8, 4) is 11.5 Å². The maximum absolute atomic E-state index is 11.9. The summed E-state index contributed by atoms with van der Waals surface area (Å²) in [7, 11) is 0. The molecule has 8 heteroatoms. The number of hydrogen-bond donors (Lipinski definition) is 2. The largest absolute Gasteiger partial charge is 0.484 e. The van der Waals surface area contributed by atoms with Crippen LogP contribution in [0.3, 0.4) is 0 Å². The minimum atomic E-state index is -0.393. The van der Waals surface area contributed by atoms with Crippen molar-refractivity contribution in [3.05, 3.63) is 89.4 Å². The standard InChI is InChI=1S/C23H20ClN3O4/c24-18-8-12-21(13-9-18)31-16-23(29)27-25-14-17-6-10-20(11-7-17)30-15-22(28)26-19-4-2-1-3-5-19/h1-14H,15-16H2,(H,26,28)(H,27,29)/b25-14-. The third-order valence-corrected chi connectivity index (χ3v) is 4.15. The predicted octanol–water partition coefficient (Wildman–Crippen LogP) is 3.89. The zero-order chi connectivity index (χ0) is 21.9. The topological polar surface area (TPSA) is 89.0 Å². The van der Waals surface area contributed by atoms with Gasteiger partial charge in [-0.2, -0.15) is 5.10 Å². The highest BCUT2D eigenvalue weighted by Crippen LogP contribution is 2.15. The molecule has 0 spiro atoms. The number of anilines is 1. The van der Waals surface area contributed by atoms with Gasteiger partial charge in [-0.3, -0.25) is 9.59 Å². The number of nitrogens with zero attached hydrogens (tertiary/aromatic N) is 1. The molecule has 0 fully saturated rings. The van der Waals surface area contributed by atoms with Crippen LogP contribution in [0.25, 0.3) is 0 Å². The number of hydrazone groups is 1. The van der Waals surface area contributed by atoms with E-state index < -0.39 is 5.91 Å². The molecular weight excluding hydrogens is 418 g/mol. The number of carbonyl (C=O) groups is 2. The molecule has 2 N–H and O–H groups in total. The summed E-state index contributed by atoms with van der Waals surface area (Å²) < 4.78 is 10.8. The first kappa shape index (κ1) is 21.9. The van der Waals surface area contributed by atoms with Gasteiger partial charge in [0.2, 0.25) is 0 Å². The second-order valence-electron chi connectivity index (χ2n) is 6.31. The van der Waals surface area contributed by atoms with Crippen LogP contribution in [0.15, 0.2) is 84.0 Å². The van der Waals surface area contributed by atoms with Crippen molar-refractivity contribution in [2.75, 3.05) is 18.5 Å². The second-order valence-corrected chi connectivity index (χ2v) is 6.74. The van der Waals surface area contributed by atoms with Crippen LogP contribution in [0.1, 0.15) is 5.56 Å². The fourth-order valence-electron chi connectivity index (χ4n) is 2.41. The summed E-state index contributed by atoms with van der Waals surface area (Å²) in [5.74, 6) is 0.438. The third-order valence-electron chi connectivity index (χ3n) is 3.89. The number of halogens is 1. The van der Waals surface area contributed by atoms with Crippen LogP contribution in [-0.4, -0.2) is 31.2 Å². The molecule has 0 aromatic heterocycles. The minimum absolute atomic E-state index is 0.105. The summed E-state index contributed by atoms with van der Waals surface area (Å²) in [6.45, 7) is -0.275. The maximum Gasteiger partial charge on any atom is 0.277 e. The third kappa shape index (κ3) is 7.83. The van der Waals surface area contributed by atoms with Crippen molar-refractivity contribution in [2.24, 2.45) is 5.10 Å². The van der Waals surface area contributed by atoms with Gasteiger partial charge in [0.1, 0.15) is 11.5 Å². The van der Waals surface area contributed by atoms with Gasteiger partial charge in [-0.15, -0.1) is 0 Å². The van der Waals surface area contributed by atoms with Crippen LogP contribution in [0, 0.1) is 0 Å². The molecule has 0 aliphatic carbocycles. The molecule has 158 valence electrons. The molecule has 2 amide bonds. The monoisotopic (exact) mass is 437 g/mol. The first-order valence-electron chi connectivity index (χ1n) is 9.36. The van der Waals surface area contributed by atoms with Crippen molar-refractivity contribution >= 4 is 35.3 Å². The van der Waals surface area contributed by atoms with Crippen molar-refractivity contribution < 1.29 is 19.1 Å². The highest BCUT2D eigenvalue weighted by Gasteiger charge is 2.04. The molecule has 3 aromatic carbocycles. The van der Waals surface area contributed by atoms with Crippen LogP contribution in [0.2, 0.25) is 5.02 Å². The molecule has 0 aliphatic heterocycles. The van der Waals surface area contributed by atoms with Gasteiger partial charge in [-0.1, -0.05) is 29.8 Å². The van der Waals surface area contributed by atoms with E-state index in [9.17, 15) is 9.59 Å². The molecular formula is C23H20ClN3O4. The number of nitrogens with one attached hydrogen (secondary N) is 2. The van der Waals surface area contributed by atoms with Crippen molar-refractivity contribution in [1.29, 1.82) is 0 Å². The number of ether oxygens (including phenoxy) is 2. The first-order valence-corrected chi connectivity index (χ1v) is 9.74. The van der Waals surface area contributed by atoms with Gasteiger partial charge < -0.3 is 14.8 Å². The van der Waals surface area contributed by atoms with Crippen molar-refractivity contribution in [2.45, 2.75) is 0 Å². The number of carbonyl (C=O) groups excluding carboxylic acids is 2.